The van der Waals surface area contributed by atoms with Crippen LogP contribution in [0.2, 0.25) is 0 Å². The molecule has 6 atom stereocenters. The van der Waals surface area contributed by atoms with Crippen LogP contribution in [0.1, 0.15) is 25.6 Å². The van der Waals surface area contributed by atoms with Crippen molar-refractivity contribution in [2.24, 2.45) is 11.0 Å². The molecule has 0 aliphatic carbocycles. The molecule has 17 heteroatoms. The number of aromatic amines is 1. The number of nitrogens with zero attached hydrogens (tertiary/aromatic N) is 4. The van der Waals surface area contributed by atoms with E-state index in [1.165, 1.54) is 12.1 Å². The summed E-state index contributed by atoms with van der Waals surface area (Å²) in [5.74, 6) is -1.18. The molecule has 1 saturated heterocycles. The molecule has 1 unspecified atom stereocenters. The molecule has 2 aromatic carbocycles. The van der Waals surface area contributed by atoms with Crippen molar-refractivity contribution in [2.75, 3.05) is 6.61 Å². The quantitative estimate of drug-likeness (QED) is 0.0704. The molecule has 2 heterocycles. The van der Waals surface area contributed by atoms with Gasteiger partial charge in [0.2, 0.25) is 5.72 Å². The SMILES string of the molecule is CC(C)[C@H](NP(=O)(OC[C@@]1(N=[N+]=[N-])O[C@@H](n2ccc(=O)[nH]c2=O)[C@H](O)[C@@H]1O)Oc1ccccc1)C(=O)OCc1ccccc1. The number of azide groups is 1. The van der Waals surface area contributed by atoms with Crippen molar-refractivity contribution in [3.63, 3.8) is 0 Å². The highest BCUT2D eigenvalue weighted by Crippen LogP contribution is 2.48. The molecule has 0 radical (unpaired) electrons. The molecule has 0 bridgehead atoms. The average Bonchev–Trinajstić information content (AvgIpc) is 3.24. The molecule has 44 heavy (non-hydrogen) atoms. The van der Waals surface area contributed by atoms with Crippen molar-refractivity contribution in [2.45, 2.75) is 50.7 Å². The maximum atomic E-state index is 14.2. The summed E-state index contributed by atoms with van der Waals surface area (Å²) in [4.78, 5) is 41.6. The number of esters is 1. The van der Waals surface area contributed by atoms with E-state index in [-0.39, 0.29) is 12.4 Å². The van der Waals surface area contributed by atoms with E-state index in [0.29, 0.717) is 0 Å². The zero-order valence-corrected chi connectivity index (χ0v) is 24.5. The first-order valence-corrected chi connectivity index (χ1v) is 14.9. The predicted molar refractivity (Wildman–Crippen MR) is 154 cm³/mol. The van der Waals surface area contributed by atoms with Crippen molar-refractivity contribution in [3.05, 3.63) is 110 Å². The molecule has 1 aromatic heterocycles. The Morgan fingerprint density at radius 1 is 1.16 bits per heavy atom. The second kappa shape index (κ2) is 14.0. The Kier molecular flexibility index (Phi) is 10.4. The molecule has 4 N–H and O–H groups in total. The Bertz CT molecular complexity index is 1650. The summed E-state index contributed by atoms with van der Waals surface area (Å²) in [6.45, 7) is 2.30. The monoisotopic (exact) mass is 630 g/mol. The summed E-state index contributed by atoms with van der Waals surface area (Å²) in [6.07, 6.45) is -4.52. The standard InChI is InChI=1S/C27H31N6O10P/c1-17(2)21(25(37)40-15-18-9-5-3-6-10-18)30-44(39,43-19-11-7-4-8-12-19)41-16-27(31-32-28)23(36)22(35)24(42-27)33-14-13-20(34)29-26(33)38/h3-14,17,21-24,35-36H,15-16H2,1-2H3,(H,30,39)(H,29,34,38)/t21-,22+,23-,24+,27+,44?/m0/s1. The molecule has 3 aromatic rings. The summed E-state index contributed by atoms with van der Waals surface area (Å²) in [6, 6.07) is 16.5. The number of aromatic nitrogens is 2. The van der Waals surface area contributed by atoms with Crippen LogP contribution < -0.4 is 20.9 Å². The molecular weight excluding hydrogens is 599 g/mol. The number of carbonyl (C=O) groups is 1. The zero-order valence-electron chi connectivity index (χ0n) is 23.6. The van der Waals surface area contributed by atoms with Crippen LogP contribution in [0, 0.1) is 5.92 Å². The van der Waals surface area contributed by atoms with E-state index < -0.39 is 67.7 Å². The summed E-state index contributed by atoms with van der Waals surface area (Å²) in [5.41, 5.74) is 5.86. The lowest BCUT2D eigenvalue weighted by Crippen LogP contribution is -2.46. The minimum absolute atomic E-state index is 0.0568. The molecule has 16 nitrogen and oxygen atoms in total. The Balaban J connectivity index is 1.61. The highest BCUT2D eigenvalue weighted by atomic mass is 31.2. The van der Waals surface area contributed by atoms with Crippen LogP contribution in [0.5, 0.6) is 5.75 Å². The Morgan fingerprint density at radius 2 is 1.82 bits per heavy atom. The van der Waals surface area contributed by atoms with Gasteiger partial charge in [0.1, 0.15) is 30.6 Å². The number of H-pyrrole nitrogens is 1. The number of ether oxygens (including phenoxy) is 2. The highest BCUT2D eigenvalue weighted by molar-refractivity contribution is 7.52. The lowest BCUT2D eigenvalue weighted by atomic mass is 10.1. The third-order valence-electron chi connectivity index (χ3n) is 6.59. The van der Waals surface area contributed by atoms with Gasteiger partial charge in [-0.05, 0) is 29.1 Å². The van der Waals surface area contributed by atoms with Gasteiger partial charge in [0, 0.05) is 17.2 Å². The largest absolute Gasteiger partial charge is 0.460 e. The van der Waals surface area contributed by atoms with Crippen molar-refractivity contribution < 1.29 is 38.1 Å². The van der Waals surface area contributed by atoms with Gasteiger partial charge in [0.25, 0.3) is 5.56 Å². The zero-order chi connectivity index (χ0) is 31.9. The molecule has 4 rings (SSSR count). The number of aliphatic hydroxyl groups is 2. The number of nitrogens with one attached hydrogen (secondary N) is 2. The fourth-order valence-corrected chi connectivity index (χ4v) is 5.96. The first-order chi connectivity index (χ1) is 21.0. The van der Waals surface area contributed by atoms with Crippen LogP contribution >= 0.6 is 7.75 Å². The second-order valence-electron chi connectivity index (χ2n) is 10.1. The molecule has 0 spiro atoms. The molecule has 1 fully saturated rings. The van der Waals surface area contributed by atoms with E-state index in [2.05, 4.69) is 15.1 Å². The van der Waals surface area contributed by atoms with Gasteiger partial charge in [0.15, 0.2) is 6.23 Å². The molecule has 0 saturated carbocycles. The Labute approximate surface area is 250 Å². The minimum Gasteiger partial charge on any atom is -0.460 e. The molecule has 1 aliphatic heterocycles. The summed E-state index contributed by atoms with van der Waals surface area (Å²) >= 11 is 0. The van der Waals surface area contributed by atoms with Gasteiger partial charge < -0.3 is 24.2 Å². The maximum Gasteiger partial charge on any atom is 0.459 e. The smallest absolute Gasteiger partial charge is 0.459 e. The number of para-hydroxylation sites is 1. The molecule has 1 aliphatic rings. The lowest BCUT2D eigenvalue weighted by molar-refractivity contribution is -0.148. The van der Waals surface area contributed by atoms with Crippen LogP contribution in [-0.4, -0.2) is 56.3 Å². The second-order valence-corrected chi connectivity index (χ2v) is 11.8. The summed E-state index contributed by atoms with van der Waals surface area (Å²) in [7, 11) is -4.60. The Morgan fingerprint density at radius 3 is 2.43 bits per heavy atom. The van der Waals surface area contributed by atoms with Crippen LogP contribution in [0.3, 0.4) is 0 Å². The Hall–Kier alpha value is -4.27. The van der Waals surface area contributed by atoms with Gasteiger partial charge in [-0.3, -0.25) is 23.7 Å². The van der Waals surface area contributed by atoms with Crippen molar-refractivity contribution >= 4 is 13.7 Å². The molecule has 0 amide bonds. The predicted octanol–water partition coefficient (Wildman–Crippen LogP) is 2.36. The van der Waals surface area contributed by atoms with E-state index in [1.807, 2.05) is 11.1 Å². The van der Waals surface area contributed by atoms with Crippen molar-refractivity contribution in [1.82, 2.24) is 14.6 Å². The fraction of sp³-hybridized carbons (Fsp3) is 0.370. The number of hydrogen-bond acceptors (Lipinski definition) is 11. The van der Waals surface area contributed by atoms with E-state index in [9.17, 15) is 34.7 Å². The van der Waals surface area contributed by atoms with E-state index in [4.69, 9.17) is 18.5 Å². The van der Waals surface area contributed by atoms with Gasteiger partial charge >= 0.3 is 19.4 Å². The number of aliphatic hydroxyl groups excluding tert-OH is 2. The lowest BCUT2D eigenvalue weighted by Gasteiger charge is -2.31. The number of carbonyl (C=O) groups excluding carboxylic acids is 1. The third-order valence-corrected chi connectivity index (χ3v) is 8.11. The first kappa shape index (κ1) is 32.6. The van der Waals surface area contributed by atoms with Gasteiger partial charge in [-0.2, -0.15) is 5.09 Å². The topological polar surface area (TPSA) is 227 Å². The number of hydrogen-bond donors (Lipinski definition) is 4. The maximum absolute atomic E-state index is 14.2. The van der Waals surface area contributed by atoms with Crippen LogP contribution in [0.25, 0.3) is 10.4 Å². The van der Waals surface area contributed by atoms with E-state index in [1.54, 1.807) is 56.3 Å². The van der Waals surface area contributed by atoms with Crippen LogP contribution in [0.4, 0.5) is 0 Å². The van der Waals surface area contributed by atoms with Gasteiger partial charge in [-0.15, -0.1) is 0 Å². The van der Waals surface area contributed by atoms with Crippen LogP contribution in [0.15, 0.2) is 87.6 Å². The molecule has 234 valence electrons. The normalized spacial score (nSPS) is 23.3. The molecular formula is C27H31N6O10P. The van der Waals surface area contributed by atoms with Crippen LogP contribution in [-0.2, 0) is 30.0 Å². The summed E-state index contributed by atoms with van der Waals surface area (Å²) < 4.78 is 37.4. The summed E-state index contributed by atoms with van der Waals surface area (Å²) in [5, 5.41) is 27.7. The minimum atomic E-state index is -4.60. The highest BCUT2D eigenvalue weighted by Gasteiger charge is 2.56. The third kappa shape index (κ3) is 7.62. The van der Waals surface area contributed by atoms with Gasteiger partial charge in [-0.1, -0.05) is 67.5 Å². The fourth-order valence-electron chi connectivity index (χ4n) is 4.28. The first-order valence-electron chi connectivity index (χ1n) is 13.4. The number of rotatable bonds is 13. The van der Waals surface area contributed by atoms with Gasteiger partial charge in [-0.25, -0.2) is 9.36 Å². The van der Waals surface area contributed by atoms with Gasteiger partial charge in [0.05, 0.1) is 6.61 Å². The van der Waals surface area contributed by atoms with E-state index >= 15 is 0 Å². The number of benzene rings is 2. The average molecular weight is 631 g/mol. The van der Waals surface area contributed by atoms with Crippen molar-refractivity contribution in [1.29, 1.82) is 0 Å². The van der Waals surface area contributed by atoms with E-state index in [0.717, 1.165) is 22.4 Å². The van der Waals surface area contributed by atoms with Crippen molar-refractivity contribution in [3.8, 4) is 5.75 Å².